The maximum atomic E-state index is 12.0. The molecule has 1 aliphatic rings. The van der Waals surface area contributed by atoms with E-state index in [1.165, 1.54) is 13.1 Å². The Morgan fingerprint density at radius 1 is 1.39 bits per heavy atom. The highest BCUT2D eigenvalue weighted by molar-refractivity contribution is 7.89. The summed E-state index contributed by atoms with van der Waals surface area (Å²) in [5.41, 5.74) is 6.59. The zero-order valence-electron chi connectivity index (χ0n) is 10.2. The fourth-order valence-electron chi connectivity index (χ4n) is 1.85. The molecule has 0 unspecified atom stereocenters. The van der Waals surface area contributed by atoms with E-state index in [2.05, 4.69) is 4.72 Å². The molecule has 0 radical (unpaired) electrons. The molecule has 0 aliphatic carbocycles. The largest absolute Gasteiger partial charge is 0.399 e. The van der Waals surface area contributed by atoms with Gasteiger partial charge in [-0.2, -0.15) is 0 Å². The fraction of sp³-hybridized carbons (Fsp3) is 0.455. The molecule has 1 saturated heterocycles. The van der Waals surface area contributed by atoms with Gasteiger partial charge in [0.15, 0.2) is 0 Å². The van der Waals surface area contributed by atoms with Gasteiger partial charge in [-0.1, -0.05) is 0 Å². The van der Waals surface area contributed by atoms with Crippen LogP contribution in [0.2, 0.25) is 0 Å². The summed E-state index contributed by atoms with van der Waals surface area (Å²) in [6.07, 6.45) is 1.96. The Morgan fingerprint density at radius 3 is 2.78 bits per heavy atom. The molecule has 0 amide bonds. The number of nitrogens with zero attached hydrogens (tertiary/aromatic N) is 1. The third-order valence-electron chi connectivity index (χ3n) is 2.81. The van der Waals surface area contributed by atoms with Crippen molar-refractivity contribution in [2.24, 2.45) is 0 Å². The molecule has 0 bridgehead atoms. The van der Waals surface area contributed by atoms with Crippen molar-refractivity contribution in [3.63, 3.8) is 0 Å². The normalized spacial score (nSPS) is 16.8. The van der Waals surface area contributed by atoms with Crippen LogP contribution in [0, 0.1) is 0 Å². The molecule has 6 nitrogen and oxygen atoms in total. The second-order valence-electron chi connectivity index (χ2n) is 4.08. The van der Waals surface area contributed by atoms with Gasteiger partial charge in [-0.3, -0.25) is 9.90 Å². The number of rotatable bonds is 3. The van der Waals surface area contributed by atoms with E-state index in [1.807, 2.05) is 0 Å². The number of hydrogen-bond donors (Lipinski definition) is 2. The van der Waals surface area contributed by atoms with Crippen molar-refractivity contribution in [2.75, 3.05) is 31.0 Å². The van der Waals surface area contributed by atoms with Crippen molar-refractivity contribution in [1.29, 1.82) is 0 Å². The van der Waals surface area contributed by atoms with Crippen molar-refractivity contribution < 1.29 is 13.3 Å². The molecule has 0 spiro atoms. The lowest BCUT2D eigenvalue weighted by Gasteiger charge is -2.29. The topological polar surface area (TPSA) is 84.7 Å². The molecule has 3 N–H and O–H groups in total. The number of nitrogens with one attached hydrogen (secondary N) is 1. The molecule has 7 heteroatoms. The predicted molar refractivity (Wildman–Crippen MR) is 69.6 cm³/mol. The highest BCUT2D eigenvalue weighted by Crippen LogP contribution is 2.29. The van der Waals surface area contributed by atoms with Crippen molar-refractivity contribution in [3.05, 3.63) is 18.2 Å². The molecule has 1 aliphatic heterocycles. The molecular formula is C11H17N3O3S. The summed E-state index contributed by atoms with van der Waals surface area (Å²) in [6.45, 7) is 1.28. The fourth-order valence-corrected chi connectivity index (χ4v) is 2.81. The van der Waals surface area contributed by atoms with Gasteiger partial charge in [0.1, 0.15) is 4.90 Å². The van der Waals surface area contributed by atoms with E-state index in [4.69, 9.17) is 10.6 Å². The minimum Gasteiger partial charge on any atom is -0.399 e. The van der Waals surface area contributed by atoms with E-state index >= 15 is 0 Å². The third kappa shape index (κ3) is 2.58. The molecule has 0 atom stereocenters. The van der Waals surface area contributed by atoms with Gasteiger partial charge >= 0.3 is 0 Å². The van der Waals surface area contributed by atoms with Crippen molar-refractivity contribution in [1.82, 2.24) is 4.72 Å². The monoisotopic (exact) mass is 271 g/mol. The molecule has 2 rings (SSSR count). The van der Waals surface area contributed by atoms with Crippen LogP contribution in [-0.4, -0.2) is 28.6 Å². The van der Waals surface area contributed by atoms with Gasteiger partial charge in [0, 0.05) is 12.2 Å². The smallest absolute Gasteiger partial charge is 0.242 e. The quantitative estimate of drug-likeness (QED) is 0.791. The van der Waals surface area contributed by atoms with Gasteiger partial charge in [0.2, 0.25) is 10.0 Å². The molecule has 1 aromatic rings. The number of sulfonamides is 1. The van der Waals surface area contributed by atoms with Crippen LogP contribution in [-0.2, 0) is 14.9 Å². The lowest BCUT2D eigenvalue weighted by molar-refractivity contribution is 0.0767. The second-order valence-corrected chi connectivity index (χ2v) is 5.93. The molecule has 18 heavy (non-hydrogen) atoms. The van der Waals surface area contributed by atoms with Gasteiger partial charge in [0.05, 0.1) is 12.3 Å². The first-order valence-electron chi connectivity index (χ1n) is 5.78. The van der Waals surface area contributed by atoms with Crippen LogP contribution in [0.4, 0.5) is 11.4 Å². The van der Waals surface area contributed by atoms with Gasteiger partial charge < -0.3 is 5.73 Å². The third-order valence-corrected chi connectivity index (χ3v) is 4.26. The van der Waals surface area contributed by atoms with Crippen LogP contribution in [0.1, 0.15) is 12.8 Å². The highest BCUT2D eigenvalue weighted by atomic mass is 32.2. The number of anilines is 2. The van der Waals surface area contributed by atoms with Crippen LogP contribution < -0.4 is 15.5 Å². The molecule has 1 aromatic carbocycles. The number of nitrogens with two attached hydrogens (primary N) is 1. The number of hydrogen-bond acceptors (Lipinski definition) is 5. The summed E-state index contributed by atoms with van der Waals surface area (Å²) >= 11 is 0. The van der Waals surface area contributed by atoms with E-state index in [0.717, 1.165) is 12.8 Å². The van der Waals surface area contributed by atoms with Crippen LogP contribution in [0.3, 0.4) is 0 Å². The number of benzene rings is 1. The van der Waals surface area contributed by atoms with Gasteiger partial charge in [-0.05, 0) is 38.1 Å². The van der Waals surface area contributed by atoms with Crippen molar-refractivity contribution in [2.45, 2.75) is 17.7 Å². The second kappa shape index (κ2) is 5.13. The number of hydroxylamine groups is 1. The molecule has 1 fully saturated rings. The van der Waals surface area contributed by atoms with E-state index < -0.39 is 10.0 Å². The Morgan fingerprint density at radius 2 is 2.17 bits per heavy atom. The molecule has 0 aromatic heterocycles. The lowest BCUT2D eigenvalue weighted by atomic mass is 10.2. The van der Waals surface area contributed by atoms with E-state index in [9.17, 15) is 8.42 Å². The average Bonchev–Trinajstić information content (AvgIpc) is 2.39. The maximum Gasteiger partial charge on any atom is 0.242 e. The van der Waals surface area contributed by atoms with Crippen LogP contribution in [0.5, 0.6) is 0 Å². The lowest BCUT2D eigenvalue weighted by Crippen LogP contribution is -2.32. The molecule has 100 valence electrons. The minimum atomic E-state index is -3.55. The van der Waals surface area contributed by atoms with Gasteiger partial charge in [0.25, 0.3) is 0 Å². The predicted octanol–water partition coefficient (Wildman–Crippen LogP) is 0.709. The zero-order valence-corrected chi connectivity index (χ0v) is 11.0. The van der Waals surface area contributed by atoms with Gasteiger partial charge in [-0.15, -0.1) is 0 Å². The molecule has 0 saturated carbocycles. The SMILES string of the molecule is CNS(=O)(=O)c1cc(N)ccc1N1CCCCO1. The van der Waals surface area contributed by atoms with Crippen LogP contribution >= 0.6 is 0 Å². The van der Waals surface area contributed by atoms with Crippen LogP contribution in [0.15, 0.2) is 23.1 Å². The minimum absolute atomic E-state index is 0.145. The first-order chi connectivity index (χ1) is 8.54. The van der Waals surface area contributed by atoms with Crippen LogP contribution in [0.25, 0.3) is 0 Å². The Hall–Kier alpha value is -1.31. The summed E-state index contributed by atoms with van der Waals surface area (Å²) in [4.78, 5) is 5.63. The van der Waals surface area contributed by atoms with E-state index in [1.54, 1.807) is 17.2 Å². The van der Waals surface area contributed by atoms with Crippen molar-refractivity contribution >= 4 is 21.4 Å². The maximum absolute atomic E-state index is 12.0. The Kier molecular flexibility index (Phi) is 3.74. The first-order valence-corrected chi connectivity index (χ1v) is 7.26. The summed E-state index contributed by atoms with van der Waals surface area (Å²) in [7, 11) is -2.18. The standard InChI is InChI=1S/C11H17N3O3S/c1-13-18(15,16)11-8-9(12)4-5-10(11)14-6-2-3-7-17-14/h4-5,8,13H,2-3,6-7,12H2,1H3. The summed E-state index contributed by atoms with van der Waals surface area (Å²) in [5.74, 6) is 0. The molecular weight excluding hydrogens is 254 g/mol. The Bertz CT molecular complexity index is 524. The summed E-state index contributed by atoms with van der Waals surface area (Å²) in [6, 6.07) is 4.78. The highest BCUT2D eigenvalue weighted by Gasteiger charge is 2.23. The zero-order chi connectivity index (χ0) is 13.2. The Balaban J connectivity index is 2.46. The van der Waals surface area contributed by atoms with Gasteiger partial charge in [-0.25, -0.2) is 13.1 Å². The summed E-state index contributed by atoms with van der Waals surface area (Å²) < 4.78 is 26.2. The molecule has 1 heterocycles. The van der Waals surface area contributed by atoms with E-state index in [-0.39, 0.29) is 4.90 Å². The summed E-state index contributed by atoms with van der Waals surface area (Å²) in [5, 5.41) is 1.62. The Labute approximate surface area is 107 Å². The van der Waals surface area contributed by atoms with E-state index in [0.29, 0.717) is 24.5 Å². The average molecular weight is 271 g/mol. The first kappa shape index (κ1) is 13.1. The van der Waals surface area contributed by atoms with Crippen molar-refractivity contribution in [3.8, 4) is 0 Å². The number of nitrogen functional groups attached to an aromatic ring is 1.